The molecule has 1 heterocycles. The number of rotatable bonds is 2. The first-order valence-electron chi connectivity index (χ1n) is 7.78. The molecule has 0 saturated heterocycles. The Bertz CT molecular complexity index is 1040. The molecule has 2 aliphatic rings. The molecule has 0 unspecified atom stereocenters. The number of hydrogen-bond donors (Lipinski definition) is 1. The highest BCUT2D eigenvalue weighted by Crippen LogP contribution is 2.38. The number of nitrogens with one attached hydrogen (secondary N) is 1. The first-order valence-corrected chi connectivity index (χ1v) is 7.78. The molecule has 1 aliphatic heterocycles. The van der Waals surface area contributed by atoms with Crippen LogP contribution in [0.15, 0.2) is 66.7 Å². The van der Waals surface area contributed by atoms with Crippen molar-refractivity contribution in [2.45, 2.75) is 0 Å². The zero-order chi connectivity index (χ0) is 17.2. The van der Waals surface area contributed by atoms with Crippen LogP contribution in [0.1, 0.15) is 11.1 Å². The number of H-pyrrole nitrogens is 1. The highest BCUT2D eigenvalue weighted by Gasteiger charge is 2.17. The Morgan fingerprint density at radius 2 is 1.32 bits per heavy atom. The van der Waals surface area contributed by atoms with Crippen LogP contribution in [0.25, 0.3) is 33.6 Å². The van der Waals surface area contributed by atoms with E-state index in [2.05, 4.69) is 22.3 Å². The lowest BCUT2D eigenvalue weighted by molar-refractivity contribution is 1.05. The molecule has 0 spiro atoms. The molecule has 0 fully saturated rings. The monoisotopic (exact) mass is 320 g/mol. The van der Waals surface area contributed by atoms with Gasteiger partial charge < -0.3 is 0 Å². The minimum Gasteiger partial charge on any atom is -0.277 e. The third kappa shape index (κ3) is 2.52. The molecule has 1 aliphatic carbocycles. The van der Waals surface area contributed by atoms with E-state index in [1.165, 1.54) is 0 Å². The van der Waals surface area contributed by atoms with E-state index in [1.54, 1.807) is 12.1 Å². The Balaban J connectivity index is 1.90. The van der Waals surface area contributed by atoms with Crippen molar-refractivity contribution in [3.63, 3.8) is 0 Å². The SMILES string of the molecule is N#Cc1cccc(-c2n[nH]c(-c3cccc(C#N)c3)c3cccc2-3)c1. The highest BCUT2D eigenvalue weighted by molar-refractivity contribution is 5.90. The topological polar surface area (TPSA) is 76.3 Å². The second-order valence-corrected chi connectivity index (χ2v) is 5.69. The molecular formula is C21H12N4. The van der Waals surface area contributed by atoms with Gasteiger partial charge in [-0.2, -0.15) is 15.6 Å². The van der Waals surface area contributed by atoms with Gasteiger partial charge in [0.15, 0.2) is 0 Å². The van der Waals surface area contributed by atoms with Crippen LogP contribution in [0, 0.1) is 22.7 Å². The molecule has 0 atom stereocenters. The molecule has 4 rings (SSSR count). The third-order valence-corrected chi connectivity index (χ3v) is 4.17. The second-order valence-electron chi connectivity index (χ2n) is 5.69. The summed E-state index contributed by atoms with van der Waals surface area (Å²) in [6.45, 7) is 0. The van der Waals surface area contributed by atoms with E-state index in [1.807, 2.05) is 54.6 Å². The predicted molar refractivity (Wildman–Crippen MR) is 95.5 cm³/mol. The molecule has 2 aromatic carbocycles. The van der Waals surface area contributed by atoms with Gasteiger partial charge in [-0.1, -0.05) is 42.5 Å². The molecule has 116 valence electrons. The molecule has 4 nitrogen and oxygen atoms in total. The van der Waals surface area contributed by atoms with Gasteiger partial charge in [-0.25, -0.2) is 0 Å². The fraction of sp³-hybridized carbons (Fsp3) is 0. The predicted octanol–water partition coefficient (Wildman–Crippen LogP) is 4.59. The van der Waals surface area contributed by atoms with Crippen molar-refractivity contribution in [2.24, 2.45) is 0 Å². The second kappa shape index (κ2) is 5.96. The van der Waals surface area contributed by atoms with Crippen LogP contribution in [0.5, 0.6) is 0 Å². The van der Waals surface area contributed by atoms with Crippen LogP contribution in [-0.2, 0) is 0 Å². The fourth-order valence-electron chi connectivity index (χ4n) is 3.00. The summed E-state index contributed by atoms with van der Waals surface area (Å²) in [6.07, 6.45) is 0. The maximum absolute atomic E-state index is 9.12. The lowest BCUT2D eigenvalue weighted by atomic mass is 9.97. The summed E-state index contributed by atoms with van der Waals surface area (Å²) in [4.78, 5) is 0. The summed E-state index contributed by atoms with van der Waals surface area (Å²) in [6, 6.07) is 25.2. The van der Waals surface area contributed by atoms with Gasteiger partial charge in [-0.3, -0.25) is 5.10 Å². The number of benzene rings is 2. The van der Waals surface area contributed by atoms with Gasteiger partial charge in [0.05, 0.1) is 34.7 Å². The summed E-state index contributed by atoms with van der Waals surface area (Å²) in [7, 11) is 0. The van der Waals surface area contributed by atoms with Crippen LogP contribution < -0.4 is 0 Å². The molecular weight excluding hydrogens is 308 g/mol. The van der Waals surface area contributed by atoms with Gasteiger partial charge in [0.1, 0.15) is 0 Å². The summed E-state index contributed by atoms with van der Waals surface area (Å²) in [5, 5.41) is 25.9. The van der Waals surface area contributed by atoms with E-state index in [4.69, 9.17) is 10.5 Å². The van der Waals surface area contributed by atoms with Gasteiger partial charge in [-0.15, -0.1) is 0 Å². The molecule has 0 saturated carbocycles. The van der Waals surface area contributed by atoms with Crippen LogP contribution in [-0.4, -0.2) is 10.2 Å². The van der Waals surface area contributed by atoms with Crippen LogP contribution in [0.2, 0.25) is 0 Å². The molecule has 25 heavy (non-hydrogen) atoms. The Morgan fingerprint density at radius 3 is 2.04 bits per heavy atom. The summed E-state index contributed by atoms with van der Waals surface area (Å²) >= 11 is 0. The van der Waals surface area contributed by atoms with Gasteiger partial charge in [-0.05, 0) is 24.3 Å². The number of aromatic nitrogens is 2. The minimum absolute atomic E-state index is 0.602. The fourth-order valence-corrected chi connectivity index (χ4v) is 3.00. The van der Waals surface area contributed by atoms with Crippen molar-refractivity contribution in [3.8, 4) is 45.8 Å². The molecule has 4 heteroatoms. The van der Waals surface area contributed by atoms with Crippen molar-refractivity contribution >= 4 is 0 Å². The van der Waals surface area contributed by atoms with Gasteiger partial charge in [0, 0.05) is 22.3 Å². The molecule has 0 radical (unpaired) electrons. The van der Waals surface area contributed by atoms with Gasteiger partial charge >= 0.3 is 0 Å². The summed E-state index contributed by atoms with van der Waals surface area (Å²) < 4.78 is 0. The third-order valence-electron chi connectivity index (χ3n) is 4.17. The maximum Gasteiger partial charge on any atom is 0.0991 e. The molecule has 0 aromatic heterocycles. The molecule has 0 amide bonds. The zero-order valence-electron chi connectivity index (χ0n) is 13.2. The van der Waals surface area contributed by atoms with E-state index < -0.39 is 0 Å². The van der Waals surface area contributed by atoms with Crippen molar-refractivity contribution < 1.29 is 0 Å². The Morgan fingerprint density at radius 1 is 0.720 bits per heavy atom. The lowest BCUT2D eigenvalue weighted by Crippen LogP contribution is -1.97. The zero-order valence-corrected chi connectivity index (χ0v) is 13.2. The van der Waals surface area contributed by atoms with E-state index in [-0.39, 0.29) is 0 Å². The highest BCUT2D eigenvalue weighted by atomic mass is 15.1. The Labute approximate surface area is 144 Å². The van der Waals surface area contributed by atoms with Crippen molar-refractivity contribution in [1.82, 2.24) is 10.2 Å². The van der Waals surface area contributed by atoms with E-state index >= 15 is 0 Å². The van der Waals surface area contributed by atoms with Gasteiger partial charge in [0.2, 0.25) is 0 Å². The van der Waals surface area contributed by atoms with Crippen LogP contribution in [0.4, 0.5) is 0 Å². The molecule has 2 aromatic rings. The number of fused-ring (bicyclic) bond motifs is 1. The number of nitrogens with zero attached hydrogens (tertiary/aromatic N) is 3. The number of hydrogen-bond acceptors (Lipinski definition) is 3. The van der Waals surface area contributed by atoms with Crippen LogP contribution in [0.3, 0.4) is 0 Å². The first kappa shape index (κ1) is 14.7. The minimum atomic E-state index is 0.602. The van der Waals surface area contributed by atoms with Crippen molar-refractivity contribution in [3.05, 3.63) is 77.9 Å². The van der Waals surface area contributed by atoms with Crippen LogP contribution >= 0.6 is 0 Å². The smallest absolute Gasteiger partial charge is 0.0991 e. The standard InChI is InChI=1S/C21H12N4/c22-12-14-4-1-6-16(10-14)20-18-8-3-9-19(18)21(25-24-20)17-7-2-5-15(11-17)13-23/h1-11,24H. The summed E-state index contributed by atoms with van der Waals surface area (Å²) in [5.74, 6) is 0. The van der Waals surface area contributed by atoms with E-state index in [0.29, 0.717) is 11.1 Å². The average molecular weight is 320 g/mol. The molecule has 0 bridgehead atoms. The largest absolute Gasteiger partial charge is 0.277 e. The Kier molecular flexibility index (Phi) is 3.50. The van der Waals surface area contributed by atoms with E-state index in [9.17, 15) is 0 Å². The van der Waals surface area contributed by atoms with Crippen molar-refractivity contribution in [2.75, 3.05) is 0 Å². The number of nitriles is 2. The number of aromatic amines is 1. The normalized spacial score (nSPS) is 10.3. The summed E-state index contributed by atoms with van der Waals surface area (Å²) in [5.41, 5.74) is 6.73. The quantitative estimate of drug-likeness (QED) is 0.587. The Hall–Kier alpha value is -3.89. The van der Waals surface area contributed by atoms with Crippen molar-refractivity contribution in [1.29, 1.82) is 10.5 Å². The molecule has 1 N–H and O–H groups in total. The maximum atomic E-state index is 9.12. The van der Waals surface area contributed by atoms with Gasteiger partial charge in [0.25, 0.3) is 0 Å². The lowest BCUT2D eigenvalue weighted by Gasteiger charge is -2.13. The average Bonchev–Trinajstić information content (AvgIpc) is 3.17. The van der Waals surface area contributed by atoms with E-state index in [0.717, 1.165) is 33.6 Å². The first-order chi connectivity index (χ1) is 12.3.